The van der Waals surface area contributed by atoms with Crippen LogP contribution in [0.1, 0.15) is 20.3 Å². The zero-order valence-electron chi connectivity index (χ0n) is 5.56. The number of alkyl halides is 1. The third-order valence-electron chi connectivity index (χ3n) is 1.20. The molecule has 0 aliphatic heterocycles. The van der Waals surface area contributed by atoms with Crippen LogP contribution in [0.25, 0.3) is 0 Å². The minimum Gasteiger partial charge on any atom is -0.264 e. The normalized spacial score (nSPS) is 11.4. The number of hydrogen-bond acceptors (Lipinski definition) is 2. The van der Waals surface area contributed by atoms with Crippen LogP contribution in [-0.2, 0) is 0 Å². The Morgan fingerprint density at radius 2 is 2.11 bits per heavy atom. The molecule has 0 bridgehead atoms. The zero-order valence-corrected chi connectivity index (χ0v) is 7.71. The van der Waals surface area contributed by atoms with Crippen LogP contribution in [0.2, 0.25) is 0 Å². The van der Waals surface area contributed by atoms with Crippen molar-refractivity contribution < 1.29 is 4.92 Å². The van der Waals surface area contributed by atoms with Crippen molar-refractivity contribution >= 4 is 22.6 Å². The number of rotatable bonds is 3. The van der Waals surface area contributed by atoms with Crippen molar-refractivity contribution in [2.45, 2.75) is 25.8 Å². The van der Waals surface area contributed by atoms with Crippen LogP contribution in [-0.4, -0.2) is 14.9 Å². The highest BCUT2D eigenvalue weighted by atomic mass is 127. The van der Waals surface area contributed by atoms with E-state index in [1.54, 1.807) is 13.8 Å². The molecule has 0 aliphatic carbocycles. The van der Waals surface area contributed by atoms with Gasteiger partial charge in [0.25, 0.3) is 0 Å². The van der Waals surface area contributed by atoms with Gasteiger partial charge in [-0.25, -0.2) is 0 Å². The van der Waals surface area contributed by atoms with E-state index < -0.39 is 5.54 Å². The maximum Gasteiger partial charge on any atom is 0.217 e. The first-order valence-electron chi connectivity index (χ1n) is 2.71. The van der Waals surface area contributed by atoms with E-state index in [9.17, 15) is 10.1 Å². The first-order chi connectivity index (χ1) is 4.00. The molecular weight excluding hydrogens is 233 g/mol. The molecule has 0 unspecified atom stereocenters. The van der Waals surface area contributed by atoms with Crippen molar-refractivity contribution in [2.24, 2.45) is 0 Å². The Kier molecular flexibility index (Phi) is 3.38. The lowest BCUT2D eigenvalue weighted by atomic mass is 10.0. The molecule has 54 valence electrons. The van der Waals surface area contributed by atoms with E-state index in [4.69, 9.17) is 0 Å². The average Bonchev–Trinajstić information content (AvgIpc) is 1.65. The van der Waals surface area contributed by atoms with Crippen molar-refractivity contribution in [2.75, 3.05) is 4.43 Å². The lowest BCUT2D eigenvalue weighted by Gasteiger charge is -2.12. The van der Waals surface area contributed by atoms with Gasteiger partial charge in [-0.3, -0.25) is 10.1 Å². The highest BCUT2D eigenvalue weighted by molar-refractivity contribution is 14.1. The summed E-state index contributed by atoms with van der Waals surface area (Å²) in [6.07, 6.45) is 0.639. The Morgan fingerprint density at radius 1 is 1.67 bits per heavy atom. The summed E-state index contributed by atoms with van der Waals surface area (Å²) >= 11 is 2.14. The summed E-state index contributed by atoms with van der Waals surface area (Å²) in [7, 11) is 0. The SMILES string of the molecule is CC(C)(CCI)[N+](=O)[O-]. The van der Waals surface area contributed by atoms with Gasteiger partial charge in [0.05, 0.1) is 0 Å². The summed E-state index contributed by atoms with van der Waals surface area (Å²) in [5, 5.41) is 10.2. The van der Waals surface area contributed by atoms with Gasteiger partial charge in [-0.2, -0.15) is 0 Å². The minimum absolute atomic E-state index is 0.230. The molecule has 0 N–H and O–H groups in total. The molecule has 0 spiro atoms. The molecule has 0 saturated heterocycles. The van der Waals surface area contributed by atoms with Crippen LogP contribution in [0.5, 0.6) is 0 Å². The zero-order chi connectivity index (χ0) is 7.49. The molecule has 3 nitrogen and oxygen atoms in total. The maximum absolute atomic E-state index is 10.2. The smallest absolute Gasteiger partial charge is 0.217 e. The number of halogens is 1. The van der Waals surface area contributed by atoms with Crippen LogP contribution in [0.4, 0.5) is 0 Å². The molecule has 0 radical (unpaired) electrons. The molecule has 0 heterocycles. The van der Waals surface area contributed by atoms with Crippen molar-refractivity contribution in [3.8, 4) is 0 Å². The summed E-state index contributed by atoms with van der Waals surface area (Å²) in [6.45, 7) is 3.29. The molecule has 0 aromatic carbocycles. The van der Waals surface area contributed by atoms with Crippen LogP contribution < -0.4 is 0 Å². The molecule has 0 atom stereocenters. The summed E-state index contributed by atoms with van der Waals surface area (Å²) in [5.74, 6) is 0. The Morgan fingerprint density at radius 3 is 2.22 bits per heavy atom. The summed E-state index contributed by atoms with van der Waals surface area (Å²) < 4.78 is 0.839. The standard InChI is InChI=1S/C5H10INO2/c1-5(2,3-4-6)7(8)9/h3-4H2,1-2H3. The van der Waals surface area contributed by atoms with Gasteiger partial charge in [-0.05, 0) is 0 Å². The lowest BCUT2D eigenvalue weighted by molar-refractivity contribution is -0.560. The number of nitro groups is 1. The first-order valence-corrected chi connectivity index (χ1v) is 4.24. The van der Waals surface area contributed by atoms with Gasteiger partial charge in [0.2, 0.25) is 5.54 Å². The van der Waals surface area contributed by atoms with E-state index in [1.807, 2.05) is 0 Å². The van der Waals surface area contributed by atoms with Gasteiger partial charge in [-0.15, -0.1) is 0 Å². The van der Waals surface area contributed by atoms with Crippen LogP contribution in [0.15, 0.2) is 0 Å². The van der Waals surface area contributed by atoms with Gasteiger partial charge in [0, 0.05) is 29.6 Å². The Bertz CT molecular complexity index is 114. The average molecular weight is 243 g/mol. The molecule has 0 fully saturated rings. The van der Waals surface area contributed by atoms with E-state index in [0.717, 1.165) is 4.43 Å². The molecule has 0 saturated carbocycles. The van der Waals surface area contributed by atoms with Gasteiger partial charge in [-0.1, -0.05) is 22.6 Å². The second-order valence-electron chi connectivity index (χ2n) is 2.51. The molecule has 0 aliphatic rings. The third kappa shape index (κ3) is 2.98. The maximum atomic E-state index is 10.2. The summed E-state index contributed by atoms with van der Waals surface area (Å²) in [4.78, 5) is 9.98. The third-order valence-corrected chi connectivity index (χ3v) is 1.74. The quantitative estimate of drug-likeness (QED) is 0.328. The van der Waals surface area contributed by atoms with Crippen LogP contribution in [0.3, 0.4) is 0 Å². The number of nitrogens with zero attached hydrogens (tertiary/aromatic N) is 1. The molecule has 4 heteroatoms. The largest absolute Gasteiger partial charge is 0.264 e. The van der Waals surface area contributed by atoms with Crippen molar-refractivity contribution in [3.63, 3.8) is 0 Å². The fraction of sp³-hybridized carbons (Fsp3) is 1.00. The molecule has 9 heavy (non-hydrogen) atoms. The van der Waals surface area contributed by atoms with E-state index in [2.05, 4.69) is 22.6 Å². The second kappa shape index (κ2) is 3.34. The predicted octanol–water partition coefficient (Wildman–Crippen LogP) is 1.87. The van der Waals surface area contributed by atoms with Crippen LogP contribution >= 0.6 is 22.6 Å². The fourth-order valence-corrected chi connectivity index (χ4v) is 1.64. The monoisotopic (exact) mass is 243 g/mol. The molecule has 0 rings (SSSR count). The van der Waals surface area contributed by atoms with E-state index in [1.165, 1.54) is 0 Å². The second-order valence-corrected chi connectivity index (χ2v) is 3.59. The van der Waals surface area contributed by atoms with Crippen molar-refractivity contribution in [3.05, 3.63) is 10.1 Å². The van der Waals surface area contributed by atoms with Gasteiger partial charge >= 0.3 is 0 Å². The van der Waals surface area contributed by atoms with E-state index in [0.29, 0.717) is 6.42 Å². The van der Waals surface area contributed by atoms with Gasteiger partial charge < -0.3 is 0 Å². The van der Waals surface area contributed by atoms with Gasteiger partial charge in [0.15, 0.2) is 0 Å². The highest BCUT2D eigenvalue weighted by Gasteiger charge is 2.28. The van der Waals surface area contributed by atoms with E-state index in [-0.39, 0.29) is 4.92 Å². The fourth-order valence-electron chi connectivity index (χ4n) is 0.323. The van der Waals surface area contributed by atoms with Crippen molar-refractivity contribution in [1.29, 1.82) is 0 Å². The molecule has 0 amide bonds. The summed E-state index contributed by atoms with van der Waals surface area (Å²) in [5.41, 5.74) is -0.735. The molecular formula is C5H10INO2. The Balaban J connectivity index is 3.85. The minimum atomic E-state index is -0.735. The van der Waals surface area contributed by atoms with Crippen molar-refractivity contribution in [1.82, 2.24) is 0 Å². The molecule has 0 aromatic heterocycles. The Labute approximate surface area is 68.1 Å². The predicted molar refractivity (Wildman–Crippen MR) is 44.6 cm³/mol. The van der Waals surface area contributed by atoms with Gasteiger partial charge in [0.1, 0.15) is 0 Å². The topological polar surface area (TPSA) is 43.1 Å². The summed E-state index contributed by atoms with van der Waals surface area (Å²) in [6, 6.07) is 0. The molecule has 0 aromatic rings. The first kappa shape index (κ1) is 9.13. The van der Waals surface area contributed by atoms with E-state index >= 15 is 0 Å². The highest BCUT2D eigenvalue weighted by Crippen LogP contribution is 2.13. The Hall–Kier alpha value is 0.130. The van der Waals surface area contributed by atoms with Crippen LogP contribution in [0, 0.1) is 10.1 Å². The number of hydrogen-bond donors (Lipinski definition) is 0. The lowest BCUT2D eigenvalue weighted by Crippen LogP contribution is -2.30.